The summed E-state index contributed by atoms with van der Waals surface area (Å²) in [6.07, 6.45) is 5.56. The van der Waals surface area contributed by atoms with Crippen molar-refractivity contribution >= 4 is 29.1 Å². The number of esters is 1. The number of aliphatic hydroxyl groups excluding tert-OH is 2. The second-order valence-corrected chi connectivity index (χ2v) is 12.4. The Labute approximate surface area is 217 Å². The number of hydrogen-bond acceptors (Lipinski definition) is 6. The van der Waals surface area contributed by atoms with Gasteiger partial charge in [0.15, 0.2) is 11.4 Å². The molecule has 4 aliphatic rings. The van der Waals surface area contributed by atoms with E-state index < -0.39 is 63.3 Å². The van der Waals surface area contributed by atoms with Crippen LogP contribution in [0, 0.1) is 28.6 Å². The van der Waals surface area contributed by atoms with Crippen LogP contribution in [0.4, 0.5) is 4.39 Å². The molecule has 0 spiro atoms. The van der Waals surface area contributed by atoms with Gasteiger partial charge in [0.05, 0.1) is 11.0 Å². The van der Waals surface area contributed by atoms with Gasteiger partial charge in [-0.2, -0.15) is 0 Å². The van der Waals surface area contributed by atoms with Gasteiger partial charge in [0, 0.05) is 23.2 Å². The largest absolute Gasteiger partial charge is 0.450 e. The molecule has 6 nitrogen and oxygen atoms in total. The smallest absolute Gasteiger partial charge is 0.306 e. The second-order valence-electron chi connectivity index (χ2n) is 11.7. The van der Waals surface area contributed by atoms with E-state index in [4.69, 9.17) is 16.3 Å². The number of alkyl halides is 1. The van der Waals surface area contributed by atoms with Gasteiger partial charge in [-0.05, 0) is 55.6 Å². The van der Waals surface area contributed by atoms with Crippen molar-refractivity contribution in [2.75, 3.05) is 6.61 Å². The third kappa shape index (κ3) is 3.45. The fourth-order valence-corrected chi connectivity index (χ4v) is 8.86. The minimum atomic E-state index is -1.59. The second kappa shape index (κ2) is 9.32. The summed E-state index contributed by atoms with van der Waals surface area (Å²) in [4.78, 5) is 37.2. The van der Waals surface area contributed by atoms with Crippen molar-refractivity contribution in [1.82, 2.24) is 0 Å². The average molecular weight is 525 g/mol. The molecule has 3 fully saturated rings. The number of ketones is 2. The highest BCUT2D eigenvalue weighted by Crippen LogP contribution is 2.72. The van der Waals surface area contributed by atoms with E-state index in [1.807, 2.05) is 20.8 Å². The van der Waals surface area contributed by atoms with Crippen LogP contribution < -0.4 is 0 Å². The van der Waals surface area contributed by atoms with Crippen molar-refractivity contribution in [2.24, 2.45) is 28.6 Å². The van der Waals surface area contributed by atoms with Crippen molar-refractivity contribution in [3.8, 4) is 0 Å². The first kappa shape index (κ1) is 27.5. The molecule has 3 saturated carbocycles. The van der Waals surface area contributed by atoms with Gasteiger partial charge in [-0.25, -0.2) is 4.39 Å². The zero-order valence-electron chi connectivity index (χ0n) is 21.6. The predicted molar refractivity (Wildman–Crippen MR) is 133 cm³/mol. The topological polar surface area (TPSA) is 101 Å². The van der Waals surface area contributed by atoms with Crippen molar-refractivity contribution < 1.29 is 33.7 Å². The maximum atomic E-state index is 15.0. The fraction of sp³-hybridized carbons (Fsp3) is 0.750. The number of ether oxygens (including phenoxy) is 1. The Balaban J connectivity index is 1.78. The van der Waals surface area contributed by atoms with Gasteiger partial charge in [-0.1, -0.05) is 46.6 Å². The minimum Gasteiger partial charge on any atom is -0.450 e. The van der Waals surface area contributed by atoms with Gasteiger partial charge in [0.2, 0.25) is 11.6 Å². The van der Waals surface area contributed by atoms with Crippen LogP contribution in [-0.4, -0.2) is 50.9 Å². The lowest BCUT2D eigenvalue weighted by atomic mass is 9.45. The molecule has 0 aromatic carbocycles. The number of hydrogen-bond donors (Lipinski definition) is 2. The quantitative estimate of drug-likeness (QED) is 0.287. The molecular weight excluding hydrogens is 487 g/mol. The fourth-order valence-electron chi connectivity index (χ4n) is 8.34. The van der Waals surface area contributed by atoms with Crippen LogP contribution in [0.5, 0.6) is 0 Å². The molecule has 0 bridgehead atoms. The maximum absolute atomic E-state index is 15.0. The number of unbranched alkanes of at least 4 members (excludes halogenated alkanes) is 2. The van der Waals surface area contributed by atoms with E-state index in [0.717, 1.165) is 12.8 Å². The normalized spacial score (nSPS) is 43.6. The third-order valence-electron chi connectivity index (χ3n) is 10.1. The molecule has 0 amide bonds. The van der Waals surface area contributed by atoms with Crippen molar-refractivity contribution in [3.63, 3.8) is 0 Å². The molecule has 200 valence electrons. The summed E-state index contributed by atoms with van der Waals surface area (Å²) in [7, 11) is 0. The van der Waals surface area contributed by atoms with Crippen molar-refractivity contribution in [3.05, 3.63) is 23.6 Å². The Morgan fingerprint density at radius 2 is 1.94 bits per heavy atom. The van der Waals surface area contributed by atoms with E-state index in [9.17, 15) is 29.0 Å². The molecule has 2 N–H and O–H groups in total. The van der Waals surface area contributed by atoms with Gasteiger partial charge in [0.1, 0.15) is 6.61 Å². The zero-order valence-corrected chi connectivity index (χ0v) is 22.4. The number of carbonyl (C=O) groups is 3. The van der Waals surface area contributed by atoms with Crippen LogP contribution in [0.1, 0.15) is 79.1 Å². The summed E-state index contributed by atoms with van der Waals surface area (Å²) in [5, 5.41) is 21.7. The van der Waals surface area contributed by atoms with Crippen LogP contribution in [0.2, 0.25) is 0 Å². The molecule has 0 unspecified atom stereocenters. The lowest BCUT2D eigenvalue weighted by Gasteiger charge is -2.64. The number of allylic oxidation sites excluding steroid dienone is 4. The molecule has 0 heterocycles. The highest BCUT2D eigenvalue weighted by Gasteiger charge is 2.76. The lowest BCUT2D eigenvalue weighted by Crippen LogP contribution is -2.69. The number of Topliss-reactive ketones (excluding diaryl/α,β-unsaturated/α-hetero) is 1. The van der Waals surface area contributed by atoms with Crippen molar-refractivity contribution in [2.45, 2.75) is 95.6 Å². The van der Waals surface area contributed by atoms with Crippen molar-refractivity contribution in [1.29, 1.82) is 0 Å². The maximum Gasteiger partial charge on any atom is 0.306 e. The molecule has 4 rings (SSSR count). The van der Waals surface area contributed by atoms with E-state index in [0.29, 0.717) is 31.3 Å². The molecule has 0 radical (unpaired) electrons. The summed E-state index contributed by atoms with van der Waals surface area (Å²) in [6, 6.07) is 0. The lowest BCUT2D eigenvalue weighted by molar-refractivity contribution is -0.203. The molecular formula is C28H38ClFO6. The summed E-state index contributed by atoms with van der Waals surface area (Å²) in [6.45, 7) is 6.75. The number of fused-ring (bicyclic) bond motifs is 5. The number of halogens is 2. The summed E-state index contributed by atoms with van der Waals surface area (Å²) in [5.41, 5.74) is -3.33. The van der Waals surface area contributed by atoms with Gasteiger partial charge in [-0.15, -0.1) is 11.6 Å². The molecule has 4 aliphatic carbocycles. The average Bonchev–Trinajstić information content (AvgIpc) is 3.04. The molecule has 8 heteroatoms. The van der Waals surface area contributed by atoms with E-state index >= 15 is 0 Å². The highest BCUT2D eigenvalue weighted by molar-refractivity contribution is 6.26. The first-order valence-corrected chi connectivity index (χ1v) is 13.6. The molecule has 0 aromatic rings. The number of carbonyl (C=O) groups excluding carboxylic acids is 3. The minimum absolute atomic E-state index is 0.0439. The molecule has 36 heavy (non-hydrogen) atoms. The highest BCUT2D eigenvalue weighted by atomic mass is 35.5. The van der Waals surface area contributed by atoms with E-state index in [2.05, 4.69) is 0 Å². The van der Waals surface area contributed by atoms with Gasteiger partial charge >= 0.3 is 5.97 Å². The summed E-state index contributed by atoms with van der Waals surface area (Å²) in [5.74, 6) is -3.49. The summed E-state index contributed by atoms with van der Waals surface area (Å²) >= 11 is 7.37. The zero-order chi connectivity index (χ0) is 26.7. The predicted octanol–water partition coefficient (Wildman–Crippen LogP) is 4.59. The van der Waals surface area contributed by atoms with E-state index in [1.165, 1.54) is 6.08 Å². The SMILES string of the molecule is CCCCCC(=O)O[C@]1(C(=O)CO)[C@@H](C)C[C@H]2[C@@H]3CCC4=C(F)C(=O)C=C[C@]4(C)[C@@]3(Cl)[C@@H](O)C[C@@]21C. The first-order valence-electron chi connectivity index (χ1n) is 13.2. The summed E-state index contributed by atoms with van der Waals surface area (Å²) < 4.78 is 21.0. The van der Waals surface area contributed by atoms with Crippen LogP contribution in [0.25, 0.3) is 0 Å². The first-order chi connectivity index (χ1) is 16.8. The molecule has 0 aromatic heterocycles. The van der Waals surface area contributed by atoms with E-state index in [-0.39, 0.29) is 24.7 Å². The van der Waals surface area contributed by atoms with E-state index in [1.54, 1.807) is 13.0 Å². The van der Waals surface area contributed by atoms with Crippen LogP contribution in [0.15, 0.2) is 23.6 Å². The third-order valence-corrected chi connectivity index (χ3v) is 11.0. The Bertz CT molecular complexity index is 1020. The van der Waals surface area contributed by atoms with Crippen LogP contribution in [0.3, 0.4) is 0 Å². The van der Waals surface area contributed by atoms with Gasteiger partial charge in [-0.3, -0.25) is 14.4 Å². The Hall–Kier alpha value is -1.57. The standard InChI is InChI=1S/C28H38ClFO6/c1-5-6-7-8-23(35)36-28(22(34)15-31)16(2)13-19-17-9-10-18-24(30)20(32)11-12-25(18,3)27(17,29)21(33)14-26(19,28)4/h11-12,16-17,19,21,31,33H,5-10,13-15H2,1-4H3/t16-,17-,19-,21-,25-,26-,27-,28-/m0/s1. The monoisotopic (exact) mass is 524 g/mol. The van der Waals surface area contributed by atoms with Crippen LogP contribution >= 0.6 is 11.6 Å². The Morgan fingerprint density at radius 3 is 2.58 bits per heavy atom. The molecule has 8 atom stereocenters. The van der Waals surface area contributed by atoms with Gasteiger partial charge in [0.25, 0.3) is 0 Å². The van der Waals surface area contributed by atoms with Crippen LogP contribution in [-0.2, 0) is 19.1 Å². The Kier molecular flexibility index (Phi) is 7.11. The molecule has 0 saturated heterocycles. The number of aliphatic hydroxyl groups is 2. The van der Waals surface area contributed by atoms with Gasteiger partial charge < -0.3 is 14.9 Å². The molecule has 0 aliphatic heterocycles. The Morgan fingerprint density at radius 1 is 1.25 bits per heavy atom. The number of rotatable bonds is 7.